The molecule has 0 bridgehead atoms. The summed E-state index contributed by atoms with van der Waals surface area (Å²) in [6.45, 7) is 2.92. The molecule has 0 saturated heterocycles. The van der Waals surface area contributed by atoms with Gasteiger partial charge in [-0.3, -0.25) is 14.5 Å². The molecular formula is C15H13Cl2N3O2. The van der Waals surface area contributed by atoms with Gasteiger partial charge >= 0.3 is 0 Å². The van der Waals surface area contributed by atoms with Gasteiger partial charge in [0, 0.05) is 19.3 Å². The first-order chi connectivity index (χ1) is 10.5. The number of imidazole rings is 1. The lowest BCUT2D eigenvalue weighted by atomic mass is 10.1. The third-order valence-corrected chi connectivity index (χ3v) is 4.39. The van der Waals surface area contributed by atoms with Gasteiger partial charge < -0.3 is 4.57 Å². The molecule has 5 nitrogen and oxygen atoms in total. The minimum Gasteiger partial charge on any atom is -0.337 e. The number of fused-ring (bicyclic) bond motifs is 1. The number of hydrogen-bond acceptors (Lipinski definition) is 3. The Bertz CT molecular complexity index is 770. The highest BCUT2D eigenvalue weighted by Crippen LogP contribution is 2.34. The topological polar surface area (TPSA) is 55.2 Å². The number of rotatable bonds is 4. The van der Waals surface area contributed by atoms with Crippen LogP contribution in [0.4, 0.5) is 0 Å². The second-order valence-corrected chi connectivity index (χ2v) is 5.94. The third-order valence-electron chi connectivity index (χ3n) is 3.59. The molecule has 0 N–H and O–H groups in total. The zero-order chi connectivity index (χ0) is 15.9. The number of aryl methyl sites for hydroxylation is 2. The summed E-state index contributed by atoms with van der Waals surface area (Å²) in [7, 11) is 0. The van der Waals surface area contributed by atoms with Crippen LogP contribution in [0.3, 0.4) is 0 Å². The van der Waals surface area contributed by atoms with Crippen molar-refractivity contribution in [3.8, 4) is 0 Å². The highest BCUT2D eigenvalue weighted by atomic mass is 35.5. The van der Waals surface area contributed by atoms with Gasteiger partial charge in [-0.2, -0.15) is 0 Å². The largest absolute Gasteiger partial charge is 0.337 e. The minimum atomic E-state index is -0.380. The molecule has 1 aliphatic rings. The summed E-state index contributed by atoms with van der Waals surface area (Å²) in [5.74, 6) is -0.699. The Kier molecular flexibility index (Phi) is 3.93. The lowest BCUT2D eigenvalue weighted by Gasteiger charge is -2.13. The van der Waals surface area contributed by atoms with Crippen molar-refractivity contribution in [2.45, 2.75) is 19.9 Å². The van der Waals surface area contributed by atoms with Crippen LogP contribution in [0.25, 0.3) is 0 Å². The van der Waals surface area contributed by atoms with Crippen LogP contribution in [-0.2, 0) is 6.54 Å². The van der Waals surface area contributed by atoms with Crippen LogP contribution in [0.1, 0.15) is 32.8 Å². The van der Waals surface area contributed by atoms with E-state index in [1.807, 2.05) is 17.7 Å². The van der Waals surface area contributed by atoms with Gasteiger partial charge in [-0.05, 0) is 25.5 Å². The average Bonchev–Trinajstić information content (AvgIpc) is 2.99. The van der Waals surface area contributed by atoms with Gasteiger partial charge in [-0.15, -0.1) is 0 Å². The fourth-order valence-corrected chi connectivity index (χ4v) is 2.92. The molecule has 0 radical (unpaired) electrons. The maximum absolute atomic E-state index is 12.4. The average molecular weight is 338 g/mol. The lowest BCUT2D eigenvalue weighted by Crippen LogP contribution is -2.31. The zero-order valence-electron chi connectivity index (χ0n) is 11.8. The number of carbonyl (C=O) groups is 2. The molecule has 2 amide bonds. The smallest absolute Gasteiger partial charge is 0.263 e. The number of halogens is 2. The molecular weight excluding hydrogens is 325 g/mol. The lowest BCUT2D eigenvalue weighted by molar-refractivity contribution is 0.0651. The summed E-state index contributed by atoms with van der Waals surface area (Å²) in [6, 6.07) is 3.08. The van der Waals surface area contributed by atoms with Crippen LogP contribution in [-0.4, -0.2) is 32.8 Å². The summed E-state index contributed by atoms with van der Waals surface area (Å²) >= 11 is 12.0. The van der Waals surface area contributed by atoms with Crippen molar-refractivity contribution in [1.82, 2.24) is 14.5 Å². The molecule has 0 unspecified atom stereocenters. The second kappa shape index (κ2) is 5.74. The highest BCUT2D eigenvalue weighted by molar-refractivity contribution is 6.45. The molecule has 2 heterocycles. The predicted octanol–water partition coefficient (Wildman–Crippen LogP) is 3.18. The van der Waals surface area contributed by atoms with Crippen molar-refractivity contribution in [2.75, 3.05) is 6.54 Å². The fourth-order valence-electron chi connectivity index (χ4n) is 2.52. The molecule has 22 heavy (non-hydrogen) atoms. The molecule has 1 aromatic carbocycles. The molecule has 0 aliphatic carbocycles. The van der Waals surface area contributed by atoms with Crippen LogP contribution in [0.15, 0.2) is 24.7 Å². The molecule has 114 valence electrons. The summed E-state index contributed by atoms with van der Waals surface area (Å²) in [5, 5.41) is 0.419. The van der Waals surface area contributed by atoms with Crippen LogP contribution in [0.5, 0.6) is 0 Å². The molecule has 3 rings (SSSR count). The van der Waals surface area contributed by atoms with Crippen LogP contribution in [0.2, 0.25) is 10.0 Å². The van der Waals surface area contributed by atoms with Gasteiger partial charge in [0.1, 0.15) is 0 Å². The van der Waals surface area contributed by atoms with E-state index in [0.717, 1.165) is 5.69 Å². The van der Waals surface area contributed by atoms with E-state index in [1.165, 1.54) is 11.0 Å². The normalized spacial score (nSPS) is 13.9. The minimum absolute atomic E-state index is 0.144. The molecule has 0 saturated carbocycles. The molecule has 1 aliphatic heterocycles. The van der Waals surface area contributed by atoms with Gasteiger partial charge in [-0.25, -0.2) is 4.98 Å². The maximum atomic E-state index is 12.4. The Morgan fingerprint density at radius 3 is 2.59 bits per heavy atom. The van der Waals surface area contributed by atoms with Gasteiger partial charge in [0.2, 0.25) is 0 Å². The van der Waals surface area contributed by atoms with Crippen molar-refractivity contribution < 1.29 is 9.59 Å². The first-order valence-electron chi connectivity index (χ1n) is 6.81. The molecule has 0 spiro atoms. The van der Waals surface area contributed by atoms with Gasteiger partial charge in [0.25, 0.3) is 11.8 Å². The SMILES string of the molecule is Cc1cn(CCCN2C(=O)c3ccc(Cl)c(Cl)c3C2=O)cn1. The standard InChI is InChI=1S/C15H13Cl2N3O2/c1-9-7-19(8-18-9)5-2-6-20-14(21)10-3-4-11(16)13(17)12(10)15(20)22/h3-4,7-8H,2,5-6H2,1H3. The Morgan fingerprint density at radius 1 is 1.14 bits per heavy atom. The Morgan fingerprint density at radius 2 is 1.91 bits per heavy atom. The number of nitrogens with zero attached hydrogens (tertiary/aromatic N) is 3. The molecule has 0 atom stereocenters. The van der Waals surface area contributed by atoms with Gasteiger partial charge in [0.05, 0.1) is 33.2 Å². The molecule has 0 fully saturated rings. The molecule has 2 aromatic rings. The first-order valence-corrected chi connectivity index (χ1v) is 7.57. The quantitative estimate of drug-likeness (QED) is 0.805. The van der Waals surface area contributed by atoms with Crippen molar-refractivity contribution in [1.29, 1.82) is 0 Å². The van der Waals surface area contributed by atoms with E-state index >= 15 is 0 Å². The third kappa shape index (κ3) is 2.51. The van der Waals surface area contributed by atoms with Crippen LogP contribution >= 0.6 is 23.2 Å². The maximum Gasteiger partial charge on any atom is 0.263 e. The zero-order valence-corrected chi connectivity index (χ0v) is 13.4. The summed E-state index contributed by atoms with van der Waals surface area (Å²) < 4.78 is 1.93. The number of carbonyl (C=O) groups excluding carboxylic acids is 2. The number of aromatic nitrogens is 2. The van der Waals surface area contributed by atoms with Crippen molar-refractivity contribution in [3.63, 3.8) is 0 Å². The summed E-state index contributed by atoms with van der Waals surface area (Å²) in [6.07, 6.45) is 4.29. The van der Waals surface area contributed by atoms with Crippen LogP contribution < -0.4 is 0 Å². The van der Waals surface area contributed by atoms with E-state index in [-0.39, 0.29) is 27.4 Å². The van der Waals surface area contributed by atoms with Crippen LogP contribution in [0, 0.1) is 6.92 Å². The number of hydrogen-bond donors (Lipinski definition) is 0. The summed E-state index contributed by atoms with van der Waals surface area (Å²) in [5.41, 5.74) is 1.46. The Balaban J connectivity index is 1.72. The van der Waals surface area contributed by atoms with Gasteiger partial charge in [-0.1, -0.05) is 23.2 Å². The molecule has 7 heteroatoms. The van der Waals surface area contributed by atoms with E-state index < -0.39 is 0 Å². The summed E-state index contributed by atoms with van der Waals surface area (Å²) in [4.78, 5) is 30.0. The highest BCUT2D eigenvalue weighted by Gasteiger charge is 2.37. The monoisotopic (exact) mass is 337 g/mol. The number of benzene rings is 1. The van der Waals surface area contributed by atoms with Crippen molar-refractivity contribution >= 4 is 35.0 Å². The first kappa shape index (κ1) is 15.1. The number of amides is 2. The fraction of sp³-hybridized carbons (Fsp3) is 0.267. The van der Waals surface area contributed by atoms with Gasteiger partial charge in [0.15, 0.2) is 0 Å². The van der Waals surface area contributed by atoms with Crippen molar-refractivity contribution in [3.05, 3.63) is 51.5 Å². The number of imide groups is 1. The predicted molar refractivity (Wildman–Crippen MR) is 83.4 cm³/mol. The van der Waals surface area contributed by atoms with E-state index in [2.05, 4.69) is 4.98 Å². The van der Waals surface area contributed by atoms with E-state index in [1.54, 1.807) is 12.4 Å². The second-order valence-electron chi connectivity index (χ2n) is 5.15. The van der Waals surface area contributed by atoms with E-state index in [9.17, 15) is 9.59 Å². The Hall–Kier alpha value is -1.85. The van der Waals surface area contributed by atoms with E-state index in [0.29, 0.717) is 25.1 Å². The molecule has 1 aromatic heterocycles. The van der Waals surface area contributed by atoms with Crippen molar-refractivity contribution in [2.24, 2.45) is 0 Å². The Labute approximate surface area is 137 Å². The van der Waals surface area contributed by atoms with E-state index in [4.69, 9.17) is 23.2 Å².